The summed E-state index contributed by atoms with van der Waals surface area (Å²) in [4.78, 5) is 0. The van der Waals surface area contributed by atoms with E-state index in [1.807, 2.05) is 0 Å². The van der Waals surface area contributed by atoms with Crippen LogP contribution in [0.5, 0.6) is 0 Å². The number of hydrogen-bond donors (Lipinski definition) is 0. The fraction of sp³-hybridized carbons (Fsp3) is 0.214. The predicted octanol–water partition coefficient (Wildman–Crippen LogP) is 5.53. The molecule has 0 unspecified atom stereocenters. The molecule has 150 valence electrons. The van der Waals surface area contributed by atoms with Gasteiger partial charge in [-0.05, 0) is 62.6 Å². The lowest BCUT2D eigenvalue weighted by Crippen LogP contribution is -2.46. The van der Waals surface area contributed by atoms with Crippen molar-refractivity contribution in [2.24, 2.45) is 0 Å². The molecule has 2 aromatic carbocycles. The molecule has 0 saturated heterocycles. The zero-order valence-corrected chi connectivity index (χ0v) is 18.4. The van der Waals surface area contributed by atoms with E-state index in [9.17, 15) is 0 Å². The summed E-state index contributed by atoms with van der Waals surface area (Å²) in [7, 11) is 0. The average molecular weight is 395 g/mol. The van der Waals surface area contributed by atoms with E-state index in [4.69, 9.17) is 0 Å². The van der Waals surface area contributed by atoms with Gasteiger partial charge >= 0.3 is 0 Å². The minimum Gasteiger partial charge on any atom is -0.192 e. The third-order valence-corrected chi connectivity index (χ3v) is 5.79. The molecular formula is C28H30N2+2. The number of pyridine rings is 2. The molecule has 0 aliphatic rings. The molecule has 0 amide bonds. The van der Waals surface area contributed by atoms with Gasteiger partial charge in [0.05, 0.1) is 0 Å². The van der Waals surface area contributed by atoms with Crippen LogP contribution in [0.1, 0.15) is 22.3 Å². The summed E-state index contributed by atoms with van der Waals surface area (Å²) in [6.45, 7) is 10.5. The highest BCUT2D eigenvalue weighted by Crippen LogP contribution is 2.22. The van der Waals surface area contributed by atoms with Crippen LogP contribution in [-0.4, -0.2) is 0 Å². The van der Waals surface area contributed by atoms with Gasteiger partial charge < -0.3 is 0 Å². The largest absolute Gasteiger partial charge is 0.213 e. The molecule has 0 N–H and O–H groups in total. The predicted molar refractivity (Wildman–Crippen MR) is 123 cm³/mol. The Bertz CT molecular complexity index is 1190. The van der Waals surface area contributed by atoms with Crippen molar-refractivity contribution < 1.29 is 9.13 Å². The molecule has 2 heteroatoms. The van der Waals surface area contributed by atoms with Crippen molar-refractivity contribution in [1.29, 1.82) is 0 Å². The Morgan fingerprint density at radius 3 is 1.97 bits per heavy atom. The van der Waals surface area contributed by atoms with Crippen LogP contribution in [0.15, 0.2) is 85.2 Å². The van der Waals surface area contributed by atoms with Gasteiger partial charge in [0.15, 0.2) is 12.4 Å². The zero-order valence-electron chi connectivity index (χ0n) is 18.4. The first-order valence-electron chi connectivity index (χ1n) is 10.6. The van der Waals surface area contributed by atoms with E-state index in [2.05, 4.69) is 122 Å². The number of aromatic nitrogens is 2. The molecule has 4 rings (SSSR count). The van der Waals surface area contributed by atoms with E-state index in [0.29, 0.717) is 0 Å². The first kappa shape index (κ1) is 20.0. The maximum atomic E-state index is 2.38. The summed E-state index contributed by atoms with van der Waals surface area (Å²) in [5, 5.41) is 0. The second-order valence-electron chi connectivity index (χ2n) is 8.20. The molecular weight excluding hydrogens is 364 g/mol. The Morgan fingerprint density at radius 1 is 0.533 bits per heavy atom. The van der Waals surface area contributed by atoms with Crippen LogP contribution in [0.4, 0.5) is 0 Å². The van der Waals surface area contributed by atoms with Gasteiger partial charge in [-0.2, -0.15) is 9.13 Å². The minimum atomic E-state index is 0.913. The van der Waals surface area contributed by atoms with Gasteiger partial charge in [-0.25, -0.2) is 0 Å². The van der Waals surface area contributed by atoms with E-state index in [1.165, 1.54) is 44.8 Å². The lowest BCUT2D eigenvalue weighted by atomic mass is 10.0. The van der Waals surface area contributed by atoms with E-state index >= 15 is 0 Å². The van der Waals surface area contributed by atoms with Crippen molar-refractivity contribution in [3.63, 3.8) is 0 Å². The van der Waals surface area contributed by atoms with Crippen LogP contribution in [0.25, 0.3) is 22.5 Å². The highest BCUT2D eigenvalue weighted by atomic mass is 15.0. The van der Waals surface area contributed by atoms with Crippen LogP contribution in [0, 0.1) is 27.7 Å². The molecule has 4 aromatic rings. The molecule has 2 nitrogen and oxygen atoms in total. The van der Waals surface area contributed by atoms with Gasteiger partial charge in [0.25, 0.3) is 0 Å². The average Bonchev–Trinajstić information content (AvgIpc) is 2.74. The van der Waals surface area contributed by atoms with Crippen LogP contribution in [0.2, 0.25) is 0 Å². The number of benzene rings is 2. The summed E-state index contributed by atoms with van der Waals surface area (Å²) >= 11 is 0. The van der Waals surface area contributed by atoms with Crippen molar-refractivity contribution >= 4 is 0 Å². The Morgan fingerprint density at radius 2 is 1.20 bits per heavy atom. The molecule has 0 spiro atoms. The summed E-state index contributed by atoms with van der Waals surface area (Å²) in [5.74, 6) is 0. The third-order valence-electron chi connectivity index (χ3n) is 5.79. The van der Waals surface area contributed by atoms with Crippen molar-refractivity contribution in [2.75, 3.05) is 0 Å². The molecule has 2 aromatic heterocycles. The van der Waals surface area contributed by atoms with E-state index in [0.717, 1.165) is 13.1 Å². The molecule has 0 aliphatic heterocycles. The first-order chi connectivity index (χ1) is 14.5. The van der Waals surface area contributed by atoms with Crippen molar-refractivity contribution in [3.8, 4) is 22.5 Å². The molecule has 0 aliphatic carbocycles. The topological polar surface area (TPSA) is 7.76 Å². The monoisotopic (exact) mass is 394 g/mol. The minimum absolute atomic E-state index is 0.913. The smallest absolute Gasteiger partial charge is 0.192 e. The second kappa shape index (κ2) is 8.62. The molecule has 0 atom stereocenters. The molecule has 30 heavy (non-hydrogen) atoms. The number of aryl methyl sites for hydroxylation is 6. The highest BCUT2D eigenvalue weighted by molar-refractivity contribution is 5.62. The fourth-order valence-electron chi connectivity index (χ4n) is 4.15. The molecule has 2 heterocycles. The standard InChI is InChI=1S/C28H30N2/c1-21-12-13-26(24(4)19-21)28-20-22(2)14-16-30(28)18-17-29-15-8-7-11-27(29)25-10-6-5-9-23(25)3/h5-16,19-20H,17-18H2,1-4H3/q+2. The van der Waals surface area contributed by atoms with E-state index in [1.54, 1.807) is 0 Å². The first-order valence-corrected chi connectivity index (χ1v) is 10.6. The lowest BCUT2D eigenvalue weighted by molar-refractivity contribution is -0.768. The Labute approximate surface area is 180 Å². The van der Waals surface area contributed by atoms with Crippen LogP contribution >= 0.6 is 0 Å². The second-order valence-corrected chi connectivity index (χ2v) is 8.20. The van der Waals surface area contributed by atoms with Crippen molar-refractivity contribution in [1.82, 2.24) is 0 Å². The number of hydrogen-bond acceptors (Lipinski definition) is 0. The lowest BCUT2D eigenvalue weighted by Gasteiger charge is -2.09. The highest BCUT2D eigenvalue weighted by Gasteiger charge is 2.19. The van der Waals surface area contributed by atoms with Crippen molar-refractivity contribution in [2.45, 2.75) is 40.8 Å². The van der Waals surface area contributed by atoms with E-state index in [-0.39, 0.29) is 0 Å². The Balaban J connectivity index is 1.69. The van der Waals surface area contributed by atoms with Crippen LogP contribution in [0.3, 0.4) is 0 Å². The maximum absolute atomic E-state index is 2.38. The zero-order chi connectivity index (χ0) is 21.1. The normalized spacial score (nSPS) is 10.9. The van der Waals surface area contributed by atoms with Gasteiger partial charge in [0.2, 0.25) is 24.5 Å². The maximum Gasteiger partial charge on any atom is 0.213 e. The summed E-state index contributed by atoms with van der Waals surface area (Å²) in [6, 6.07) is 26.3. The number of rotatable bonds is 5. The van der Waals surface area contributed by atoms with Crippen LogP contribution in [-0.2, 0) is 13.1 Å². The Hall–Kier alpha value is -3.26. The quantitative estimate of drug-likeness (QED) is 0.393. The van der Waals surface area contributed by atoms with Gasteiger partial charge in [0.1, 0.15) is 0 Å². The fourth-order valence-corrected chi connectivity index (χ4v) is 4.15. The Kier molecular flexibility index (Phi) is 5.76. The molecule has 0 bridgehead atoms. The third kappa shape index (κ3) is 4.18. The molecule has 0 fully saturated rings. The summed E-state index contributed by atoms with van der Waals surface area (Å²) in [5.41, 5.74) is 10.4. The van der Waals surface area contributed by atoms with Crippen LogP contribution < -0.4 is 9.13 Å². The molecule has 0 radical (unpaired) electrons. The molecule has 0 saturated carbocycles. The number of nitrogens with zero attached hydrogens (tertiary/aromatic N) is 2. The summed E-state index contributed by atoms with van der Waals surface area (Å²) < 4.78 is 4.74. The summed E-state index contributed by atoms with van der Waals surface area (Å²) in [6.07, 6.45) is 4.41. The van der Waals surface area contributed by atoms with Gasteiger partial charge in [-0.3, -0.25) is 0 Å². The van der Waals surface area contributed by atoms with Gasteiger partial charge in [-0.1, -0.05) is 35.9 Å². The SMILES string of the molecule is Cc1ccc(-c2cc(C)cc[n+]2CC[n+]2ccccc2-c2ccccc2C)c(C)c1. The van der Waals surface area contributed by atoms with E-state index < -0.39 is 0 Å². The van der Waals surface area contributed by atoms with Crippen molar-refractivity contribution in [3.05, 3.63) is 107 Å². The van der Waals surface area contributed by atoms with Gasteiger partial charge in [0, 0.05) is 35.4 Å². The van der Waals surface area contributed by atoms with Gasteiger partial charge in [-0.15, -0.1) is 0 Å².